The van der Waals surface area contributed by atoms with Crippen LogP contribution in [0.3, 0.4) is 0 Å². The molecular formula is C23H39NO4S. The summed E-state index contributed by atoms with van der Waals surface area (Å²) in [4.78, 5) is 14.3. The highest BCUT2D eigenvalue weighted by molar-refractivity contribution is 7.99. The van der Waals surface area contributed by atoms with Gasteiger partial charge in [0.25, 0.3) is 0 Å². The minimum absolute atomic E-state index is 0.106. The summed E-state index contributed by atoms with van der Waals surface area (Å²) >= 11 is 0. The van der Waals surface area contributed by atoms with Gasteiger partial charge >= 0.3 is 5.97 Å². The largest absolute Gasteiger partial charge is 0.462 e. The first kappa shape index (κ1) is 27.2. The molecule has 0 aromatic carbocycles. The van der Waals surface area contributed by atoms with Crippen LogP contribution in [0.2, 0.25) is 0 Å². The van der Waals surface area contributed by atoms with Crippen LogP contribution >= 0.6 is 0 Å². The predicted molar refractivity (Wildman–Crippen MR) is 122 cm³/mol. The number of esters is 1. The summed E-state index contributed by atoms with van der Waals surface area (Å²) in [6.45, 7) is 11.3. The monoisotopic (exact) mass is 425 g/mol. The molecule has 6 heteroatoms. The smallest absolute Gasteiger partial charge is 0.350 e. The molecule has 0 aliphatic rings. The molecule has 0 amide bonds. The number of hydrogen-bond acceptors (Lipinski definition) is 5. The topological polar surface area (TPSA) is 63.7 Å². The van der Waals surface area contributed by atoms with Crippen molar-refractivity contribution in [3.63, 3.8) is 0 Å². The Morgan fingerprint density at radius 2 is 1.55 bits per heavy atom. The molecular weight excluding hydrogens is 386 g/mol. The molecule has 166 valence electrons. The van der Waals surface area contributed by atoms with Crippen LogP contribution in [-0.4, -0.2) is 39.0 Å². The lowest BCUT2D eigenvalue weighted by Gasteiger charge is -2.14. The van der Waals surface area contributed by atoms with E-state index in [1.165, 1.54) is 38.3 Å². The van der Waals surface area contributed by atoms with Crippen LogP contribution in [0.4, 0.5) is 0 Å². The minimum Gasteiger partial charge on any atom is -0.462 e. The molecule has 0 bridgehead atoms. The zero-order valence-corrected chi connectivity index (χ0v) is 19.6. The van der Waals surface area contributed by atoms with Crippen molar-refractivity contribution < 1.29 is 17.9 Å². The van der Waals surface area contributed by atoms with Crippen molar-refractivity contribution in [2.24, 2.45) is 0 Å². The second-order valence-electron chi connectivity index (χ2n) is 6.80. The average Bonchev–Trinajstić information content (AvgIpc) is 2.71. The van der Waals surface area contributed by atoms with E-state index in [4.69, 9.17) is 4.74 Å². The zero-order valence-electron chi connectivity index (χ0n) is 18.8. The quantitative estimate of drug-likeness (QED) is 0.149. The summed E-state index contributed by atoms with van der Waals surface area (Å²) < 4.78 is 31.0. The Labute approximate surface area is 178 Å². The molecule has 0 aliphatic heterocycles. The molecule has 0 rings (SSSR count). The van der Waals surface area contributed by atoms with E-state index in [0.717, 1.165) is 32.4 Å². The van der Waals surface area contributed by atoms with Gasteiger partial charge in [-0.25, -0.2) is 13.2 Å². The van der Waals surface area contributed by atoms with Crippen LogP contribution in [0.25, 0.3) is 0 Å². The van der Waals surface area contributed by atoms with E-state index in [1.807, 2.05) is 18.7 Å². The van der Waals surface area contributed by atoms with E-state index in [2.05, 4.69) is 6.92 Å². The Bertz CT molecular complexity index is 684. The van der Waals surface area contributed by atoms with Crippen molar-refractivity contribution in [2.45, 2.75) is 73.1 Å². The molecule has 0 heterocycles. The molecule has 29 heavy (non-hydrogen) atoms. The molecule has 0 saturated carbocycles. The van der Waals surface area contributed by atoms with Crippen molar-refractivity contribution in [3.05, 3.63) is 46.4 Å². The number of ether oxygens (including phenoxy) is 1. The first-order chi connectivity index (χ1) is 13.8. The molecule has 0 aliphatic carbocycles. The number of rotatable bonds is 15. The molecule has 0 aromatic heterocycles. The maximum absolute atomic E-state index is 12.9. The number of carbonyl (C=O) groups is 1. The molecule has 0 atom stereocenters. The normalized spacial score (nSPS) is 13.4. The van der Waals surface area contributed by atoms with Gasteiger partial charge in [-0.2, -0.15) is 0 Å². The predicted octanol–water partition coefficient (Wildman–Crippen LogP) is 5.52. The lowest BCUT2D eigenvalue weighted by Crippen LogP contribution is -2.18. The number of nitrogens with zero attached hydrogens (tertiary/aromatic N) is 1. The van der Waals surface area contributed by atoms with Gasteiger partial charge in [0.15, 0.2) is 4.91 Å². The van der Waals surface area contributed by atoms with Crippen LogP contribution in [0.5, 0.6) is 0 Å². The van der Waals surface area contributed by atoms with Gasteiger partial charge in [-0.3, -0.25) is 0 Å². The van der Waals surface area contributed by atoms with Gasteiger partial charge in [0.2, 0.25) is 9.84 Å². The fourth-order valence-corrected chi connectivity index (χ4v) is 3.71. The molecule has 0 N–H and O–H groups in total. The third kappa shape index (κ3) is 11.1. The van der Waals surface area contributed by atoms with Gasteiger partial charge < -0.3 is 9.64 Å². The van der Waals surface area contributed by atoms with E-state index < -0.39 is 15.8 Å². The van der Waals surface area contributed by atoms with Crippen molar-refractivity contribution in [2.75, 3.05) is 19.7 Å². The maximum atomic E-state index is 12.9. The van der Waals surface area contributed by atoms with E-state index in [9.17, 15) is 13.2 Å². The highest BCUT2D eigenvalue weighted by Gasteiger charge is 2.27. The molecule has 0 saturated heterocycles. The Hall–Kier alpha value is -1.82. The van der Waals surface area contributed by atoms with Gasteiger partial charge in [-0.1, -0.05) is 51.2 Å². The van der Waals surface area contributed by atoms with Gasteiger partial charge in [0.1, 0.15) is 0 Å². The van der Waals surface area contributed by atoms with Crippen molar-refractivity contribution in [1.82, 2.24) is 4.90 Å². The third-order valence-corrected chi connectivity index (χ3v) is 6.39. The van der Waals surface area contributed by atoms with E-state index in [1.54, 1.807) is 31.4 Å². The minimum atomic E-state index is -3.91. The summed E-state index contributed by atoms with van der Waals surface area (Å²) in [5.74, 6) is -0.795. The molecule has 0 spiro atoms. The van der Waals surface area contributed by atoms with Crippen LogP contribution in [0.15, 0.2) is 46.4 Å². The van der Waals surface area contributed by atoms with Gasteiger partial charge in [-0.05, 0) is 58.5 Å². The van der Waals surface area contributed by atoms with Crippen LogP contribution in [0.1, 0.15) is 73.1 Å². The van der Waals surface area contributed by atoms with Crippen molar-refractivity contribution in [3.8, 4) is 0 Å². The summed E-state index contributed by atoms with van der Waals surface area (Å²) in [6.07, 6.45) is 16.0. The Kier molecular flexibility index (Phi) is 15.0. The van der Waals surface area contributed by atoms with Crippen LogP contribution in [0, 0.1) is 0 Å². The van der Waals surface area contributed by atoms with Gasteiger partial charge in [0.05, 0.1) is 6.61 Å². The zero-order chi connectivity index (χ0) is 22.1. The highest BCUT2D eigenvalue weighted by Crippen LogP contribution is 2.19. The molecule has 0 aromatic rings. The van der Waals surface area contributed by atoms with Crippen LogP contribution in [-0.2, 0) is 19.4 Å². The lowest BCUT2D eigenvalue weighted by atomic mass is 10.1. The maximum Gasteiger partial charge on any atom is 0.350 e. The molecule has 0 fully saturated rings. The summed E-state index contributed by atoms with van der Waals surface area (Å²) in [7, 11) is -3.91. The second kappa shape index (κ2) is 16.0. The first-order valence-electron chi connectivity index (χ1n) is 10.7. The van der Waals surface area contributed by atoms with Crippen LogP contribution < -0.4 is 0 Å². The fourth-order valence-electron chi connectivity index (χ4n) is 2.57. The summed E-state index contributed by atoms with van der Waals surface area (Å²) in [5, 5.41) is 0. The van der Waals surface area contributed by atoms with Gasteiger partial charge in [0, 0.05) is 18.0 Å². The van der Waals surface area contributed by atoms with Gasteiger partial charge in [-0.15, -0.1) is 0 Å². The summed E-state index contributed by atoms with van der Waals surface area (Å²) in [6, 6.07) is 0. The lowest BCUT2D eigenvalue weighted by molar-refractivity contribution is -0.138. The highest BCUT2D eigenvalue weighted by atomic mass is 32.2. The van der Waals surface area contributed by atoms with E-state index in [-0.39, 0.29) is 16.4 Å². The molecule has 5 nitrogen and oxygen atoms in total. The second-order valence-corrected chi connectivity index (χ2v) is 8.89. The van der Waals surface area contributed by atoms with Crippen molar-refractivity contribution >= 4 is 15.8 Å². The number of unbranched alkanes of at least 4 members (excludes halogenated alkanes) is 5. The first-order valence-corrected chi connectivity index (χ1v) is 12.2. The fraction of sp³-hybridized carbons (Fsp3) is 0.609. The summed E-state index contributed by atoms with van der Waals surface area (Å²) in [5.41, 5.74) is 0. The number of allylic oxidation sites excluding steroid dienone is 6. The Morgan fingerprint density at radius 3 is 2.14 bits per heavy atom. The molecule has 0 unspecified atom stereocenters. The van der Waals surface area contributed by atoms with E-state index in [0.29, 0.717) is 0 Å². The van der Waals surface area contributed by atoms with Crippen molar-refractivity contribution in [1.29, 1.82) is 0 Å². The molecule has 0 radical (unpaired) electrons. The SMILES string of the molecule is C/C=C\C=C(/C)S(=O)(=O)/C(=C/C=C/N(CC)CC)C(=O)OCCCCCCCC. The number of sulfone groups is 1. The number of carbonyl (C=O) groups excluding carboxylic acids is 1. The van der Waals surface area contributed by atoms with E-state index >= 15 is 0 Å². The Balaban J connectivity index is 5.30. The average molecular weight is 426 g/mol. The Morgan fingerprint density at radius 1 is 0.931 bits per heavy atom. The standard InChI is InChI=1S/C23H39NO4S/c1-6-10-12-13-14-15-20-28-23(25)22(18-16-19-24(8-3)9-4)29(26,27)21(5)17-11-7-2/h7,11,16-19H,6,8-10,12-15,20H2,1-5H3/b11-7-,19-16+,21-17+,22-18+. The third-order valence-electron chi connectivity index (χ3n) is 4.53. The number of hydrogen-bond donors (Lipinski definition) is 0.